The van der Waals surface area contributed by atoms with Gasteiger partial charge in [-0.2, -0.15) is 0 Å². The van der Waals surface area contributed by atoms with Gasteiger partial charge in [-0.1, -0.05) is 0 Å². The summed E-state index contributed by atoms with van der Waals surface area (Å²) >= 11 is 1.66. The molecule has 1 aromatic heterocycles. The van der Waals surface area contributed by atoms with E-state index in [9.17, 15) is 0 Å². The third-order valence-corrected chi connectivity index (χ3v) is 5.00. The number of nitrogens with zero attached hydrogens (tertiary/aromatic N) is 2. The molecule has 0 spiro atoms. The average molecular weight is 273 g/mol. The highest BCUT2D eigenvalue weighted by Gasteiger charge is 2.30. The van der Waals surface area contributed by atoms with Crippen LogP contribution in [-0.2, 0) is 0 Å². The van der Waals surface area contributed by atoms with Gasteiger partial charge < -0.3 is 10.6 Å². The monoisotopic (exact) mass is 273 g/mol. The molecule has 2 aliphatic rings. The number of nitrogens with two attached hydrogens (primary N) is 1. The third-order valence-electron chi connectivity index (χ3n) is 4.21. The molecule has 0 saturated heterocycles. The summed E-state index contributed by atoms with van der Waals surface area (Å²) in [5.74, 6) is 1.79. The summed E-state index contributed by atoms with van der Waals surface area (Å²) in [6.07, 6.45) is 5.56. The second kappa shape index (κ2) is 4.37. The Kier molecular flexibility index (Phi) is 2.65. The molecule has 0 bridgehead atoms. The first-order valence-corrected chi connectivity index (χ1v) is 8.06. The van der Waals surface area contributed by atoms with Crippen LogP contribution in [-0.4, -0.2) is 18.1 Å². The lowest BCUT2D eigenvalue weighted by atomic mass is 10.2. The van der Waals surface area contributed by atoms with Crippen molar-refractivity contribution in [2.75, 3.05) is 23.7 Å². The molecular weight excluding hydrogens is 254 g/mol. The van der Waals surface area contributed by atoms with Gasteiger partial charge in [0.05, 0.1) is 21.6 Å². The Bertz CT molecular complexity index is 584. The topological polar surface area (TPSA) is 42.1 Å². The van der Waals surface area contributed by atoms with Crippen molar-refractivity contribution >= 4 is 32.9 Å². The molecule has 1 aromatic carbocycles. The van der Waals surface area contributed by atoms with Gasteiger partial charge in [0.1, 0.15) is 5.52 Å². The molecule has 19 heavy (non-hydrogen) atoms. The van der Waals surface area contributed by atoms with Crippen molar-refractivity contribution < 1.29 is 0 Å². The quantitative estimate of drug-likeness (QED) is 0.848. The van der Waals surface area contributed by atoms with E-state index >= 15 is 0 Å². The van der Waals surface area contributed by atoms with Crippen molar-refractivity contribution in [3.63, 3.8) is 0 Å². The molecule has 2 N–H and O–H groups in total. The first-order chi connectivity index (χ1) is 9.31. The first-order valence-electron chi connectivity index (χ1n) is 7.18. The van der Waals surface area contributed by atoms with Crippen LogP contribution in [0, 0.1) is 11.8 Å². The zero-order chi connectivity index (χ0) is 12.8. The van der Waals surface area contributed by atoms with Gasteiger partial charge in [0, 0.05) is 13.1 Å². The second-order valence-corrected chi connectivity index (χ2v) is 6.88. The standard InChI is InChI=1S/C15H19N3S/c16-14-12(5-6-13-15(14)17-9-19-13)18(7-10-1-2-10)8-11-3-4-11/h5-6,9-11H,1-4,7-8,16H2. The van der Waals surface area contributed by atoms with E-state index in [1.54, 1.807) is 11.3 Å². The number of nitrogen functional groups attached to an aromatic ring is 1. The molecule has 2 aliphatic carbocycles. The molecule has 4 heteroatoms. The fourth-order valence-corrected chi connectivity index (χ4v) is 3.41. The number of hydrogen-bond donors (Lipinski definition) is 1. The highest BCUT2D eigenvalue weighted by molar-refractivity contribution is 7.16. The zero-order valence-electron chi connectivity index (χ0n) is 11.0. The Morgan fingerprint density at radius 2 is 1.84 bits per heavy atom. The second-order valence-electron chi connectivity index (χ2n) is 5.99. The number of benzene rings is 1. The van der Waals surface area contributed by atoms with E-state index in [1.165, 1.54) is 49.2 Å². The number of thiazole rings is 1. The molecule has 4 rings (SSSR count). The van der Waals surface area contributed by atoms with Crippen molar-refractivity contribution in [1.29, 1.82) is 0 Å². The van der Waals surface area contributed by atoms with Crippen LogP contribution < -0.4 is 10.6 Å². The fourth-order valence-electron chi connectivity index (χ4n) is 2.71. The van der Waals surface area contributed by atoms with Crippen LogP contribution in [0.5, 0.6) is 0 Å². The van der Waals surface area contributed by atoms with Crippen LogP contribution >= 0.6 is 11.3 Å². The molecule has 2 saturated carbocycles. The van der Waals surface area contributed by atoms with Gasteiger partial charge in [-0.3, -0.25) is 0 Å². The highest BCUT2D eigenvalue weighted by Crippen LogP contribution is 2.39. The van der Waals surface area contributed by atoms with E-state index < -0.39 is 0 Å². The molecule has 2 aromatic rings. The van der Waals surface area contributed by atoms with Gasteiger partial charge in [0.2, 0.25) is 0 Å². The number of hydrogen-bond acceptors (Lipinski definition) is 4. The van der Waals surface area contributed by atoms with Crippen molar-refractivity contribution in [1.82, 2.24) is 4.98 Å². The van der Waals surface area contributed by atoms with Crippen molar-refractivity contribution in [3.8, 4) is 0 Å². The molecule has 100 valence electrons. The van der Waals surface area contributed by atoms with Crippen molar-refractivity contribution in [2.45, 2.75) is 25.7 Å². The van der Waals surface area contributed by atoms with E-state index in [1.807, 2.05) is 5.51 Å². The summed E-state index contributed by atoms with van der Waals surface area (Å²) in [5.41, 5.74) is 11.3. The molecule has 0 aliphatic heterocycles. The summed E-state index contributed by atoms with van der Waals surface area (Å²) in [6.45, 7) is 2.35. The summed E-state index contributed by atoms with van der Waals surface area (Å²) < 4.78 is 1.19. The Balaban J connectivity index is 1.69. The van der Waals surface area contributed by atoms with Crippen molar-refractivity contribution in [3.05, 3.63) is 17.6 Å². The SMILES string of the molecule is Nc1c(N(CC2CC2)CC2CC2)ccc2scnc12. The molecular formula is C15H19N3S. The largest absolute Gasteiger partial charge is 0.395 e. The summed E-state index contributed by atoms with van der Waals surface area (Å²) in [7, 11) is 0. The van der Waals surface area contributed by atoms with Crippen LogP contribution in [0.25, 0.3) is 10.2 Å². The zero-order valence-corrected chi connectivity index (χ0v) is 11.8. The van der Waals surface area contributed by atoms with Gasteiger partial charge in [0.15, 0.2) is 0 Å². The molecule has 0 unspecified atom stereocenters. The number of rotatable bonds is 5. The molecule has 0 atom stereocenters. The summed E-state index contributed by atoms with van der Waals surface area (Å²) in [6, 6.07) is 4.37. The first kappa shape index (κ1) is 11.5. The Hall–Kier alpha value is -1.29. The van der Waals surface area contributed by atoms with Gasteiger partial charge in [0.25, 0.3) is 0 Å². The maximum atomic E-state index is 6.36. The Morgan fingerprint density at radius 1 is 1.16 bits per heavy atom. The van der Waals surface area contributed by atoms with E-state index in [2.05, 4.69) is 22.0 Å². The molecule has 3 nitrogen and oxygen atoms in total. The molecule has 0 radical (unpaired) electrons. The molecule has 0 amide bonds. The third kappa shape index (κ3) is 2.29. The van der Waals surface area contributed by atoms with Crippen LogP contribution in [0.2, 0.25) is 0 Å². The maximum absolute atomic E-state index is 6.36. The predicted octanol–water partition coefficient (Wildman–Crippen LogP) is 3.50. The van der Waals surface area contributed by atoms with Gasteiger partial charge in [-0.05, 0) is 49.7 Å². The molecule has 1 heterocycles. The van der Waals surface area contributed by atoms with Crippen LogP contribution in [0.4, 0.5) is 11.4 Å². The number of fused-ring (bicyclic) bond motifs is 1. The maximum Gasteiger partial charge on any atom is 0.106 e. The van der Waals surface area contributed by atoms with Crippen LogP contribution in [0.15, 0.2) is 17.6 Å². The lowest BCUT2D eigenvalue weighted by Gasteiger charge is -2.26. The van der Waals surface area contributed by atoms with Crippen LogP contribution in [0.3, 0.4) is 0 Å². The average Bonchev–Trinajstić information content (AvgIpc) is 3.32. The fraction of sp³-hybridized carbons (Fsp3) is 0.533. The number of aromatic nitrogens is 1. The lowest BCUT2D eigenvalue weighted by Crippen LogP contribution is -2.28. The van der Waals surface area contributed by atoms with Gasteiger partial charge in [-0.15, -0.1) is 11.3 Å². The normalized spacial score (nSPS) is 18.9. The summed E-state index contributed by atoms with van der Waals surface area (Å²) in [4.78, 5) is 6.94. The van der Waals surface area contributed by atoms with E-state index in [0.29, 0.717) is 0 Å². The minimum absolute atomic E-state index is 0.875. The van der Waals surface area contributed by atoms with Crippen molar-refractivity contribution in [2.24, 2.45) is 11.8 Å². The predicted molar refractivity (Wildman–Crippen MR) is 81.7 cm³/mol. The smallest absolute Gasteiger partial charge is 0.106 e. The highest BCUT2D eigenvalue weighted by atomic mass is 32.1. The van der Waals surface area contributed by atoms with E-state index in [0.717, 1.165) is 23.0 Å². The van der Waals surface area contributed by atoms with E-state index in [4.69, 9.17) is 5.73 Å². The Labute approximate surface area is 117 Å². The van der Waals surface area contributed by atoms with Crippen LogP contribution in [0.1, 0.15) is 25.7 Å². The van der Waals surface area contributed by atoms with E-state index in [-0.39, 0.29) is 0 Å². The lowest BCUT2D eigenvalue weighted by molar-refractivity contribution is 0.680. The summed E-state index contributed by atoms with van der Waals surface area (Å²) in [5, 5.41) is 0. The minimum atomic E-state index is 0.875. The van der Waals surface area contributed by atoms with Gasteiger partial charge in [-0.25, -0.2) is 4.98 Å². The Morgan fingerprint density at radius 3 is 2.47 bits per heavy atom. The molecule has 2 fully saturated rings. The minimum Gasteiger partial charge on any atom is -0.395 e. The van der Waals surface area contributed by atoms with Gasteiger partial charge >= 0.3 is 0 Å². The number of anilines is 2.